The number of ether oxygens (including phenoxy) is 1. The van der Waals surface area contributed by atoms with Crippen LogP contribution in [0.2, 0.25) is 0 Å². The van der Waals surface area contributed by atoms with Gasteiger partial charge in [0.15, 0.2) is 0 Å². The summed E-state index contributed by atoms with van der Waals surface area (Å²) in [6.07, 6.45) is 3.85. The molecular formula is C17H27N3O. The van der Waals surface area contributed by atoms with E-state index in [2.05, 4.69) is 18.7 Å². The van der Waals surface area contributed by atoms with Gasteiger partial charge in [0.2, 0.25) is 0 Å². The van der Waals surface area contributed by atoms with E-state index in [1.807, 2.05) is 24.3 Å². The average molecular weight is 289 g/mol. The number of nitrogens with one attached hydrogen (secondary N) is 1. The normalized spacial score (nSPS) is 18.4. The van der Waals surface area contributed by atoms with E-state index >= 15 is 0 Å². The molecule has 0 unspecified atom stereocenters. The Balaban J connectivity index is 1.71. The van der Waals surface area contributed by atoms with E-state index in [0.717, 1.165) is 17.9 Å². The van der Waals surface area contributed by atoms with Gasteiger partial charge in [-0.1, -0.05) is 20.3 Å². The van der Waals surface area contributed by atoms with Crippen LogP contribution >= 0.6 is 0 Å². The highest BCUT2D eigenvalue weighted by atomic mass is 16.5. The molecule has 116 valence electrons. The van der Waals surface area contributed by atoms with E-state index in [1.165, 1.54) is 32.4 Å². The quantitative estimate of drug-likeness (QED) is 0.625. The lowest BCUT2D eigenvalue weighted by atomic mass is 9.78. The van der Waals surface area contributed by atoms with Crippen LogP contribution in [0.5, 0.6) is 5.75 Å². The molecule has 21 heavy (non-hydrogen) atoms. The molecule has 0 atom stereocenters. The summed E-state index contributed by atoms with van der Waals surface area (Å²) in [6.45, 7) is 8.74. The van der Waals surface area contributed by atoms with Crippen LogP contribution < -0.4 is 10.5 Å². The minimum absolute atomic E-state index is 0.0915. The van der Waals surface area contributed by atoms with Crippen molar-refractivity contribution in [3.05, 3.63) is 29.8 Å². The Bertz CT molecular complexity index is 461. The second kappa shape index (κ2) is 6.94. The first-order valence-corrected chi connectivity index (χ1v) is 7.82. The molecule has 1 fully saturated rings. The van der Waals surface area contributed by atoms with Crippen molar-refractivity contribution in [2.75, 3.05) is 26.2 Å². The third-order valence-corrected chi connectivity index (χ3v) is 4.76. The summed E-state index contributed by atoms with van der Waals surface area (Å²) >= 11 is 0. The Morgan fingerprint density at radius 3 is 2.43 bits per heavy atom. The molecule has 0 spiro atoms. The van der Waals surface area contributed by atoms with Crippen LogP contribution in [0.25, 0.3) is 0 Å². The summed E-state index contributed by atoms with van der Waals surface area (Å²) < 4.78 is 5.77. The van der Waals surface area contributed by atoms with E-state index in [9.17, 15) is 0 Å². The second-order valence-corrected chi connectivity index (χ2v) is 6.29. The van der Waals surface area contributed by atoms with E-state index in [4.69, 9.17) is 15.9 Å². The summed E-state index contributed by atoms with van der Waals surface area (Å²) in [7, 11) is 0. The second-order valence-electron chi connectivity index (χ2n) is 6.29. The smallest absolute Gasteiger partial charge is 0.122 e. The molecule has 0 saturated carbocycles. The van der Waals surface area contributed by atoms with Crippen LogP contribution in [-0.2, 0) is 0 Å². The maximum atomic E-state index is 7.36. The Kier molecular flexibility index (Phi) is 5.23. The maximum absolute atomic E-state index is 7.36. The molecule has 3 N–H and O–H groups in total. The largest absolute Gasteiger partial charge is 0.492 e. The number of piperidine rings is 1. The standard InChI is InChI=1S/C17H27N3O/c1-3-17(2)8-10-20(11-9-17)12-13-21-15-6-4-14(5-7-15)16(18)19/h4-7H,3,8-13H2,1-2H3,(H3,18,19). The van der Waals surface area contributed by atoms with Crippen molar-refractivity contribution in [2.45, 2.75) is 33.1 Å². The molecule has 0 bridgehead atoms. The molecule has 4 nitrogen and oxygen atoms in total. The number of hydrogen-bond acceptors (Lipinski definition) is 3. The van der Waals surface area contributed by atoms with Crippen molar-refractivity contribution in [3.8, 4) is 5.75 Å². The van der Waals surface area contributed by atoms with Gasteiger partial charge in [0.25, 0.3) is 0 Å². The molecule has 4 heteroatoms. The predicted octanol–water partition coefficient (Wildman–Crippen LogP) is 2.86. The van der Waals surface area contributed by atoms with Crippen LogP contribution in [0.4, 0.5) is 0 Å². The topological polar surface area (TPSA) is 62.3 Å². The summed E-state index contributed by atoms with van der Waals surface area (Å²) in [5, 5.41) is 7.36. The van der Waals surface area contributed by atoms with Crippen LogP contribution in [0.1, 0.15) is 38.7 Å². The molecule has 0 radical (unpaired) electrons. The van der Waals surface area contributed by atoms with Crippen molar-refractivity contribution >= 4 is 5.84 Å². The van der Waals surface area contributed by atoms with Crippen LogP contribution in [0, 0.1) is 10.8 Å². The van der Waals surface area contributed by atoms with Gasteiger partial charge in [-0.15, -0.1) is 0 Å². The summed E-state index contributed by atoms with van der Waals surface area (Å²) in [5.41, 5.74) is 6.71. The minimum Gasteiger partial charge on any atom is -0.492 e. The van der Waals surface area contributed by atoms with Crippen LogP contribution in [0.15, 0.2) is 24.3 Å². The lowest BCUT2D eigenvalue weighted by Gasteiger charge is -2.38. The van der Waals surface area contributed by atoms with Gasteiger partial charge in [0, 0.05) is 12.1 Å². The van der Waals surface area contributed by atoms with Gasteiger partial charge >= 0.3 is 0 Å². The highest BCUT2D eigenvalue weighted by Crippen LogP contribution is 2.33. The highest BCUT2D eigenvalue weighted by Gasteiger charge is 2.27. The molecule has 1 heterocycles. The predicted molar refractivity (Wildman–Crippen MR) is 87.0 cm³/mol. The number of nitrogen functional groups attached to an aromatic ring is 1. The first-order chi connectivity index (χ1) is 10.0. The zero-order chi connectivity index (χ0) is 15.3. The van der Waals surface area contributed by atoms with Crippen LogP contribution in [-0.4, -0.2) is 37.0 Å². The molecule has 1 aliphatic heterocycles. The number of nitrogens with zero attached hydrogens (tertiary/aromatic N) is 1. The number of hydrogen-bond donors (Lipinski definition) is 2. The molecular weight excluding hydrogens is 262 g/mol. The van der Waals surface area contributed by atoms with E-state index in [-0.39, 0.29) is 5.84 Å². The number of nitrogens with two attached hydrogens (primary N) is 1. The van der Waals surface area contributed by atoms with E-state index in [0.29, 0.717) is 12.0 Å². The first-order valence-electron chi connectivity index (χ1n) is 7.82. The van der Waals surface area contributed by atoms with Gasteiger partial charge in [0.05, 0.1) is 0 Å². The van der Waals surface area contributed by atoms with Crippen molar-refractivity contribution < 1.29 is 4.74 Å². The Hall–Kier alpha value is -1.55. The summed E-state index contributed by atoms with van der Waals surface area (Å²) in [5.74, 6) is 0.934. The average Bonchev–Trinajstić information content (AvgIpc) is 2.50. The minimum atomic E-state index is 0.0915. The molecule has 0 aromatic heterocycles. The van der Waals surface area contributed by atoms with E-state index < -0.39 is 0 Å². The van der Waals surface area contributed by atoms with E-state index in [1.54, 1.807) is 0 Å². The van der Waals surface area contributed by atoms with Gasteiger partial charge in [-0.3, -0.25) is 10.3 Å². The van der Waals surface area contributed by atoms with Crippen molar-refractivity contribution in [3.63, 3.8) is 0 Å². The lowest BCUT2D eigenvalue weighted by Crippen LogP contribution is -2.40. The van der Waals surface area contributed by atoms with Gasteiger partial charge in [-0.2, -0.15) is 0 Å². The third-order valence-electron chi connectivity index (χ3n) is 4.76. The zero-order valence-corrected chi connectivity index (χ0v) is 13.2. The molecule has 0 amide bonds. The fourth-order valence-electron chi connectivity index (χ4n) is 2.69. The molecule has 2 rings (SSSR count). The third kappa shape index (κ3) is 4.46. The highest BCUT2D eigenvalue weighted by molar-refractivity contribution is 5.94. The molecule has 1 aromatic rings. The Labute approximate surface area is 127 Å². The monoisotopic (exact) mass is 289 g/mol. The van der Waals surface area contributed by atoms with Crippen LogP contribution in [0.3, 0.4) is 0 Å². The summed E-state index contributed by atoms with van der Waals surface area (Å²) in [4.78, 5) is 2.49. The maximum Gasteiger partial charge on any atom is 0.122 e. The lowest BCUT2D eigenvalue weighted by molar-refractivity contribution is 0.101. The van der Waals surface area contributed by atoms with Crippen molar-refractivity contribution in [1.29, 1.82) is 5.41 Å². The molecule has 0 aliphatic carbocycles. The summed E-state index contributed by atoms with van der Waals surface area (Å²) in [6, 6.07) is 7.40. The first kappa shape index (κ1) is 15.8. The van der Waals surface area contributed by atoms with Gasteiger partial charge in [-0.05, 0) is 55.6 Å². The SMILES string of the molecule is CCC1(C)CCN(CCOc2ccc(C(=N)N)cc2)CC1. The number of rotatable bonds is 6. The Morgan fingerprint density at radius 1 is 1.29 bits per heavy atom. The molecule has 1 saturated heterocycles. The fraction of sp³-hybridized carbons (Fsp3) is 0.588. The zero-order valence-electron chi connectivity index (χ0n) is 13.2. The number of likely N-dealkylation sites (tertiary alicyclic amines) is 1. The van der Waals surface area contributed by atoms with Crippen molar-refractivity contribution in [1.82, 2.24) is 4.90 Å². The van der Waals surface area contributed by atoms with Gasteiger partial charge in [-0.25, -0.2) is 0 Å². The molecule has 1 aromatic carbocycles. The fourth-order valence-corrected chi connectivity index (χ4v) is 2.69. The van der Waals surface area contributed by atoms with Gasteiger partial charge in [0.1, 0.15) is 18.2 Å². The number of benzene rings is 1. The van der Waals surface area contributed by atoms with Gasteiger partial charge < -0.3 is 10.5 Å². The number of amidine groups is 1. The molecule has 1 aliphatic rings. The Morgan fingerprint density at radius 2 is 1.90 bits per heavy atom. The van der Waals surface area contributed by atoms with Crippen molar-refractivity contribution in [2.24, 2.45) is 11.1 Å².